The largest absolute Gasteiger partial charge is 0.508 e. The molecule has 14 nitrogen and oxygen atoms in total. The molecular weight excluding hydrogens is 645 g/mol. The van der Waals surface area contributed by atoms with Crippen molar-refractivity contribution in [2.75, 3.05) is 32.6 Å². The summed E-state index contributed by atoms with van der Waals surface area (Å²) in [7, 11) is -1.04. The molecule has 0 bridgehead atoms. The Morgan fingerprint density at radius 1 is 1.06 bits per heavy atom. The van der Waals surface area contributed by atoms with Gasteiger partial charge in [-0.25, -0.2) is 0 Å². The van der Waals surface area contributed by atoms with E-state index >= 15 is 0 Å². The van der Waals surface area contributed by atoms with Crippen molar-refractivity contribution in [3.05, 3.63) is 76.1 Å². The third-order valence-corrected chi connectivity index (χ3v) is 11.8. The Hall–Kier alpha value is -4.04. The van der Waals surface area contributed by atoms with Crippen molar-refractivity contribution >= 4 is 36.5 Å². The standard InChI is InChI=1S/C33H40N3O11P/c1-6-46-48(45,47-7-2)32(16-11-9-8-10-12-16)35-18-14-13-17-15(3)19-21(26(38)20(17)25(18)37)29(41)33(44)23(27(19)39)24(36(4)5)28(40)22(30(33)42)31(34)43/h8-15,19,23-24,27,32,35,37-39,42,44H,6-7H2,1-5H3,(H2,34,43)/t15-,19+,23+,24-,27-,32?,33-/m1/s1. The van der Waals surface area contributed by atoms with Crippen LogP contribution in [0.5, 0.6) is 5.75 Å². The first-order valence-electron chi connectivity index (χ1n) is 15.5. The van der Waals surface area contributed by atoms with E-state index in [-0.39, 0.29) is 24.5 Å². The van der Waals surface area contributed by atoms with Crippen molar-refractivity contribution < 1.29 is 53.5 Å². The van der Waals surface area contributed by atoms with Gasteiger partial charge < -0.3 is 45.6 Å². The van der Waals surface area contributed by atoms with Gasteiger partial charge in [0.15, 0.2) is 17.2 Å². The van der Waals surface area contributed by atoms with E-state index in [1.807, 2.05) is 0 Å². The fourth-order valence-electron chi connectivity index (χ4n) is 7.41. The second-order valence-electron chi connectivity index (χ2n) is 12.3. The van der Waals surface area contributed by atoms with Gasteiger partial charge in [0.25, 0.3) is 5.91 Å². The van der Waals surface area contributed by atoms with Gasteiger partial charge in [0, 0.05) is 11.5 Å². The minimum absolute atomic E-state index is 0.0184. The normalized spacial score (nSPS) is 27.8. The SMILES string of the molecule is CCOP(=O)(OCC)C(Nc1ccc2c(c1O)C(O)=C1C(=O)[C@@]3(O)C(O)=C(C(N)=O)C(=O)[C@H](N(C)C)[C@H]3[C@H](O)[C@H]1[C@@H]2C)c1ccccc1. The molecule has 48 heavy (non-hydrogen) atoms. The topological polar surface area (TPSA) is 229 Å². The Labute approximate surface area is 277 Å². The van der Waals surface area contributed by atoms with Crippen LogP contribution < -0.4 is 11.1 Å². The number of anilines is 1. The van der Waals surface area contributed by atoms with E-state index in [4.69, 9.17) is 14.8 Å². The van der Waals surface area contributed by atoms with Gasteiger partial charge in [-0.15, -0.1) is 0 Å². The van der Waals surface area contributed by atoms with Gasteiger partial charge in [-0.1, -0.05) is 43.3 Å². The third-order valence-electron chi connectivity index (χ3n) is 9.47. The third kappa shape index (κ3) is 5.15. The second kappa shape index (κ2) is 12.8. The summed E-state index contributed by atoms with van der Waals surface area (Å²) >= 11 is 0. The lowest BCUT2D eigenvalue weighted by atomic mass is 9.54. The number of nitrogens with zero attached hydrogens (tertiary/aromatic N) is 1. The number of phenolic OH excluding ortho intramolecular Hbond substituents is 1. The van der Waals surface area contributed by atoms with Crippen LogP contribution >= 0.6 is 7.60 Å². The summed E-state index contributed by atoms with van der Waals surface area (Å²) in [5.74, 6) is -11.1. The summed E-state index contributed by atoms with van der Waals surface area (Å²) < 4.78 is 25.3. The van der Waals surface area contributed by atoms with E-state index < -0.39 is 94.8 Å². The number of aliphatic hydroxyl groups is 4. The van der Waals surface area contributed by atoms with Crippen LogP contribution in [-0.2, 0) is 28.0 Å². The maximum atomic E-state index is 14.3. The Bertz CT molecular complexity index is 1770. The Balaban J connectivity index is 1.70. The van der Waals surface area contributed by atoms with Crippen LogP contribution in [0.2, 0.25) is 0 Å². The van der Waals surface area contributed by atoms with Crippen molar-refractivity contribution in [1.29, 1.82) is 0 Å². The number of nitrogens with two attached hydrogens (primary N) is 1. The van der Waals surface area contributed by atoms with E-state index in [1.165, 1.54) is 25.1 Å². The smallest absolute Gasteiger partial charge is 0.357 e. The number of aromatic hydroxyl groups is 1. The maximum Gasteiger partial charge on any atom is 0.357 e. The number of fused-ring (bicyclic) bond motifs is 3. The fourth-order valence-corrected chi connectivity index (χ4v) is 9.33. The molecule has 0 aliphatic heterocycles. The number of phenols is 1. The van der Waals surface area contributed by atoms with Crippen LogP contribution in [0.15, 0.2) is 59.4 Å². The molecule has 1 saturated carbocycles. The van der Waals surface area contributed by atoms with Crippen LogP contribution in [0.4, 0.5) is 5.69 Å². The number of carbonyl (C=O) groups excluding carboxylic acids is 3. The molecule has 0 radical (unpaired) electrons. The number of hydrogen-bond acceptors (Lipinski definition) is 13. The molecule has 258 valence electrons. The Morgan fingerprint density at radius 3 is 2.21 bits per heavy atom. The summed E-state index contributed by atoms with van der Waals surface area (Å²) in [5, 5.41) is 61.3. The van der Waals surface area contributed by atoms with Gasteiger partial charge in [0.2, 0.25) is 5.78 Å². The zero-order chi connectivity index (χ0) is 35.5. The summed E-state index contributed by atoms with van der Waals surface area (Å²) in [5.41, 5.74) is 1.42. The molecule has 7 atom stereocenters. The van der Waals surface area contributed by atoms with Crippen molar-refractivity contribution in [3.63, 3.8) is 0 Å². The van der Waals surface area contributed by atoms with E-state index in [0.717, 1.165) is 0 Å². The molecule has 3 aliphatic carbocycles. The molecule has 2 aromatic rings. The van der Waals surface area contributed by atoms with E-state index in [1.54, 1.807) is 57.2 Å². The molecular formula is C33H40N3O11P. The van der Waals surface area contributed by atoms with E-state index in [9.17, 15) is 44.5 Å². The molecule has 1 amide bonds. The quantitative estimate of drug-likeness (QED) is 0.109. The number of hydrogen-bond donors (Lipinski definition) is 7. The molecule has 0 aromatic heterocycles. The summed E-state index contributed by atoms with van der Waals surface area (Å²) in [6.07, 6.45) is -1.72. The van der Waals surface area contributed by atoms with Gasteiger partial charge in [0.1, 0.15) is 22.8 Å². The minimum Gasteiger partial charge on any atom is -0.508 e. The van der Waals surface area contributed by atoms with Crippen molar-refractivity contribution in [2.24, 2.45) is 17.6 Å². The lowest BCUT2D eigenvalue weighted by molar-refractivity contribution is -0.169. The first kappa shape index (κ1) is 35.3. The van der Waals surface area contributed by atoms with Gasteiger partial charge in [0.05, 0.1) is 42.5 Å². The number of rotatable bonds is 10. The van der Waals surface area contributed by atoms with Gasteiger partial charge in [-0.2, -0.15) is 0 Å². The highest BCUT2D eigenvalue weighted by atomic mass is 31.2. The number of likely N-dealkylation sites (N-methyl/N-ethyl adjacent to an activating group) is 1. The van der Waals surface area contributed by atoms with Crippen LogP contribution in [-0.4, -0.2) is 93.0 Å². The van der Waals surface area contributed by atoms with E-state index in [0.29, 0.717) is 11.1 Å². The molecule has 0 saturated heterocycles. The predicted molar refractivity (Wildman–Crippen MR) is 174 cm³/mol. The zero-order valence-electron chi connectivity index (χ0n) is 27.1. The molecule has 1 fully saturated rings. The number of carbonyl (C=O) groups is 3. The molecule has 5 rings (SSSR count). The highest BCUT2D eigenvalue weighted by Gasteiger charge is 2.68. The predicted octanol–water partition coefficient (Wildman–Crippen LogP) is 2.87. The number of benzene rings is 2. The number of ketones is 2. The van der Waals surface area contributed by atoms with Crippen LogP contribution in [0, 0.1) is 11.8 Å². The average Bonchev–Trinajstić information content (AvgIpc) is 3.02. The maximum absolute atomic E-state index is 14.3. The molecule has 15 heteroatoms. The van der Waals surface area contributed by atoms with Crippen LogP contribution in [0.25, 0.3) is 5.76 Å². The first-order valence-corrected chi connectivity index (χ1v) is 17.1. The summed E-state index contributed by atoms with van der Waals surface area (Å²) in [6, 6.07) is 10.2. The summed E-state index contributed by atoms with van der Waals surface area (Å²) in [4.78, 5) is 41.2. The fraction of sp³-hybridized carbons (Fsp3) is 0.424. The number of nitrogens with one attached hydrogen (secondary N) is 1. The molecule has 1 unspecified atom stereocenters. The summed E-state index contributed by atoms with van der Waals surface area (Å²) in [6.45, 7) is 5.05. The Kier molecular flexibility index (Phi) is 9.38. The number of Topliss-reactive ketones (excluding diaryl/α,β-unsaturated/α-hetero) is 2. The van der Waals surface area contributed by atoms with Gasteiger partial charge in [-0.3, -0.25) is 23.8 Å². The number of primary amides is 1. The van der Waals surface area contributed by atoms with Crippen molar-refractivity contribution in [2.45, 2.75) is 50.2 Å². The highest BCUT2D eigenvalue weighted by Crippen LogP contribution is 2.62. The molecule has 0 heterocycles. The van der Waals surface area contributed by atoms with Gasteiger partial charge in [-0.05, 0) is 51.1 Å². The van der Waals surface area contributed by atoms with Crippen molar-refractivity contribution in [1.82, 2.24) is 4.90 Å². The van der Waals surface area contributed by atoms with Crippen LogP contribution in [0.1, 0.15) is 49.2 Å². The first-order chi connectivity index (χ1) is 22.6. The molecule has 8 N–H and O–H groups in total. The molecule has 3 aliphatic rings. The van der Waals surface area contributed by atoms with Crippen molar-refractivity contribution in [3.8, 4) is 5.75 Å². The lowest BCUT2D eigenvalue weighted by Crippen LogP contribution is -2.70. The molecule has 2 aromatic carbocycles. The van der Waals surface area contributed by atoms with E-state index in [2.05, 4.69) is 5.32 Å². The lowest BCUT2D eigenvalue weighted by Gasteiger charge is -2.53. The average molecular weight is 686 g/mol. The Morgan fingerprint density at radius 2 is 1.67 bits per heavy atom. The highest BCUT2D eigenvalue weighted by molar-refractivity contribution is 7.54. The van der Waals surface area contributed by atoms with Gasteiger partial charge >= 0.3 is 7.60 Å². The molecule has 0 spiro atoms. The monoisotopic (exact) mass is 685 g/mol. The zero-order valence-corrected chi connectivity index (χ0v) is 28.0. The minimum atomic E-state index is -3.92. The number of amides is 1. The van der Waals surface area contributed by atoms with Crippen LogP contribution in [0.3, 0.4) is 0 Å². The number of aliphatic hydroxyl groups excluding tert-OH is 3. The second-order valence-corrected chi connectivity index (χ2v) is 14.4.